The molecule has 1 N–H and O–H groups in total. The standard InChI is InChI=1S/C12H25NO/c1-13-10-6-2-3-7-11-14-12-8-4-5-9-12/h12-13H,2-11H2,1H3. The Labute approximate surface area is 88.4 Å². The summed E-state index contributed by atoms with van der Waals surface area (Å²) in [6.07, 6.45) is 11.2. The minimum atomic E-state index is 0.604. The van der Waals surface area contributed by atoms with Crippen LogP contribution in [0.2, 0.25) is 0 Å². The third-order valence-corrected chi connectivity index (χ3v) is 2.98. The molecule has 1 rings (SSSR count). The van der Waals surface area contributed by atoms with Crippen molar-refractivity contribution in [3.05, 3.63) is 0 Å². The van der Waals surface area contributed by atoms with Gasteiger partial charge in [-0.2, -0.15) is 0 Å². The lowest BCUT2D eigenvalue weighted by molar-refractivity contribution is 0.0556. The predicted octanol–water partition coefficient (Wildman–Crippen LogP) is 2.73. The van der Waals surface area contributed by atoms with Crippen molar-refractivity contribution in [3.63, 3.8) is 0 Å². The average Bonchev–Trinajstić information content (AvgIpc) is 2.69. The van der Waals surface area contributed by atoms with Crippen LogP contribution in [0.1, 0.15) is 51.4 Å². The molecule has 0 aromatic rings. The van der Waals surface area contributed by atoms with Gasteiger partial charge in [0.15, 0.2) is 0 Å². The van der Waals surface area contributed by atoms with Gasteiger partial charge in [0.05, 0.1) is 6.10 Å². The van der Waals surface area contributed by atoms with Crippen molar-refractivity contribution in [2.45, 2.75) is 57.5 Å². The highest BCUT2D eigenvalue weighted by molar-refractivity contribution is 4.66. The van der Waals surface area contributed by atoms with E-state index < -0.39 is 0 Å². The highest BCUT2D eigenvalue weighted by atomic mass is 16.5. The highest BCUT2D eigenvalue weighted by Crippen LogP contribution is 2.21. The van der Waals surface area contributed by atoms with Gasteiger partial charge < -0.3 is 10.1 Å². The first-order valence-corrected chi connectivity index (χ1v) is 6.19. The summed E-state index contributed by atoms with van der Waals surface area (Å²) in [5.74, 6) is 0. The summed E-state index contributed by atoms with van der Waals surface area (Å²) in [6.45, 7) is 2.15. The number of hydrogen-bond donors (Lipinski definition) is 1. The molecule has 0 aromatic heterocycles. The van der Waals surface area contributed by atoms with Crippen molar-refractivity contribution in [2.24, 2.45) is 0 Å². The van der Waals surface area contributed by atoms with Crippen LogP contribution in [0.3, 0.4) is 0 Å². The number of rotatable bonds is 8. The molecule has 84 valence electrons. The molecule has 2 heteroatoms. The Hall–Kier alpha value is -0.0800. The van der Waals surface area contributed by atoms with Crippen LogP contribution in [0, 0.1) is 0 Å². The third-order valence-electron chi connectivity index (χ3n) is 2.98. The summed E-state index contributed by atoms with van der Waals surface area (Å²) in [5.41, 5.74) is 0. The van der Waals surface area contributed by atoms with E-state index in [4.69, 9.17) is 4.74 Å². The van der Waals surface area contributed by atoms with Gasteiger partial charge >= 0.3 is 0 Å². The smallest absolute Gasteiger partial charge is 0.0575 e. The molecule has 0 heterocycles. The molecule has 1 fully saturated rings. The quantitative estimate of drug-likeness (QED) is 0.607. The van der Waals surface area contributed by atoms with Crippen LogP contribution >= 0.6 is 0 Å². The fourth-order valence-electron chi connectivity index (χ4n) is 2.06. The lowest BCUT2D eigenvalue weighted by Crippen LogP contribution is -2.09. The van der Waals surface area contributed by atoms with E-state index in [1.54, 1.807) is 0 Å². The van der Waals surface area contributed by atoms with Gasteiger partial charge in [0, 0.05) is 6.61 Å². The summed E-state index contributed by atoms with van der Waals surface area (Å²) >= 11 is 0. The number of nitrogens with one attached hydrogen (secondary N) is 1. The summed E-state index contributed by atoms with van der Waals surface area (Å²) in [7, 11) is 2.02. The lowest BCUT2D eigenvalue weighted by Gasteiger charge is -2.10. The van der Waals surface area contributed by atoms with E-state index in [0.717, 1.165) is 13.2 Å². The zero-order valence-corrected chi connectivity index (χ0v) is 9.56. The number of unbranched alkanes of at least 4 members (excludes halogenated alkanes) is 3. The first-order chi connectivity index (χ1) is 6.93. The highest BCUT2D eigenvalue weighted by Gasteiger charge is 2.14. The maximum Gasteiger partial charge on any atom is 0.0575 e. The Bertz CT molecular complexity index is 121. The van der Waals surface area contributed by atoms with Crippen molar-refractivity contribution in [2.75, 3.05) is 20.2 Å². The van der Waals surface area contributed by atoms with Crippen molar-refractivity contribution >= 4 is 0 Å². The molecule has 0 amide bonds. The minimum absolute atomic E-state index is 0.604. The van der Waals surface area contributed by atoms with Crippen LogP contribution < -0.4 is 5.32 Å². The Balaban J connectivity index is 1.75. The van der Waals surface area contributed by atoms with E-state index in [0.29, 0.717) is 6.10 Å². The molecule has 0 unspecified atom stereocenters. The van der Waals surface area contributed by atoms with Crippen molar-refractivity contribution in [1.29, 1.82) is 0 Å². The lowest BCUT2D eigenvalue weighted by atomic mass is 10.2. The van der Waals surface area contributed by atoms with Crippen LogP contribution in [-0.4, -0.2) is 26.3 Å². The molecule has 0 saturated heterocycles. The van der Waals surface area contributed by atoms with E-state index in [-0.39, 0.29) is 0 Å². The minimum Gasteiger partial charge on any atom is -0.378 e. The first-order valence-electron chi connectivity index (χ1n) is 6.19. The fourth-order valence-corrected chi connectivity index (χ4v) is 2.06. The normalized spacial score (nSPS) is 17.8. The van der Waals surface area contributed by atoms with Gasteiger partial charge in [-0.1, -0.05) is 25.7 Å². The molecule has 0 aromatic carbocycles. The van der Waals surface area contributed by atoms with E-state index in [9.17, 15) is 0 Å². The molecular weight excluding hydrogens is 174 g/mol. The van der Waals surface area contributed by atoms with E-state index >= 15 is 0 Å². The first kappa shape index (κ1) is 12.0. The topological polar surface area (TPSA) is 21.3 Å². The van der Waals surface area contributed by atoms with Crippen molar-refractivity contribution in [1.82, 2.24) is 5.32 Å². The van der Waals surface area contributed by atoms with E-state index in [1.807, 2.05) is 7.05 Å². The second kappa shape index (κ2) is 8.25. The van der Waals surface area contributed by atoms with Gasteiger partial charge in [-0.3, -0.25) is 0 Å². The molecule has 0 bridgehead atoms. The third kappa shape index (κ3) is 5.61. The average molecular weight is 199 g/mol. The summed E-state index contributed by atoms with van der Waals surface area (Å²) < 4.78 is 5.79. The maximum atomic E-state index is 5.79. The van der Waals surface area contributed by atoms with Gasteiger partial charge in [0.25, 0.3) is 0 Å². The SMILES string of the molecule is CNCCCCCCOC1CCCC1. The summed E-state index contributed by atoms with van der Waals surface area (Å²) in [5, 5.41) is 3.17. The zero-order valence-electron chi connectivity index (χ0n) is 9.56. The second-order valence-electron chi connectivity index (χ2n) is 4.30. The molecule has 1 saturated carbocycles. The molecule has 0 spiro atoms. The molecule has 0 atom stereocenters. The van der Waals surface area contributed by atoms with Crippen LogP contribution in [0.4, 0.5) is 0 Å². The molecule has 1 aliphatic carbocycles. The summed E-state index contributed by atoms with van der Waals surface area (Å²) in [4.78, 5) is 0. The van der Waals surface area contributed by atoms with Gasteiger partial charge in [-0.15, -0.1) is 0 Å². The molecule has 1 aliphatic rings. The predicted molar refractivity (Wildman–Crippen MR) is 60.6 cm³/mol. The largest absolute Gasteiger partial charge is 0.378 e. The van der Waals surface area contributed by atoms with E-state index in [1.165, 1.54) is 51.4 Å². The molecule has 0 aliphatic heterocycles. The second-order valence-corrected chi connectivity index (χ2v) is 4.30. The van der Waals surface area contributed by atoms with Crippen molar-refractivity contribution in [3.8, 4) is 0 Å². The monoisotopic (exact) mass is 199 g/mol. The number of ether oxygens (including phenoxy) is 1. The van der Waals surface area contributed by atoms with Gasteiger partial charge in [-0.25, -0.2) is 0 Å². The van der Waals surface area contributed by atoms with Crippen LogP contribution in [0.25, 0.3) is 0 Å². The van der Waals surface area contributed by atoms with Crippen LogP contribution in [0.5, 0.6) is 0 Å². The number of hydrogen-bond acceptors (Lipinski definition) is 2. The molecule has 0 radical (unpaired) electrons. The van der Waals surface area contributed by atoms with Gasteiger partial charge in [0.2, 0.25) is 0 Å². The Morgan fingerprint density at radius 1 is 1.07 bits per heavy atom. The van der Waals surface area contributed by atoms with Crippen molar-refractivity contribution < 1.29 is 4.74 Å². The Morgan fingerprint density at radius 2 is 1.79 bits per heavy atom. The van der Waals surface area contributed by atoms with Gasteiger partial charge in [0.1, 0.15) is 0 Å². The fraction of sp³-hybridized carbons (Fsp3) is 1.00. The molecular formula is C12H25NO. The maximum absolute atomic E-state index is 5.79. The zero-order chi connectivity index (χ0) is 10.1. The Kier molecular flexibility index (Phi) is 7.06. The Morgan fingerprint density at radius 3 is 2.50 bits per heavy atom. The van der Waals surface area contributed by atoms with Gasteiger partial charge in [-0.05, 0) is 39.3 Å². The summed E-state index contributed by atoms with van der Waals surface area (Å²) in [6, 6.07) is 0. The van der Waals surface area contributed by atoms with E-state index in [2.05, 4.69) is 5.32 Å². The molecule has 14 heavy (non-hydrogen) atoms. The van der Waals surface area contributed by atoms with Crippen LogP contribution in [-0.2, 0) is 4.74 Å². The molecule has 2 nitrogen and oxygen atoms in total. The van der Waals surface area contributed by atoms with Crippen LogP contribution in [0.15, 0.2) is 0 Å².